The van der Waals surface area contributed by atoms with Gasteiger partial charge in [0.2, 0.25) is 5.91 Å². The molecule has 6 nitrogen and oxygen atoms in total. The Morgan fingerprint density at radius 2 is 1.79 bits per heavy atom. The highest BCUT2D eigenvalue weighted by molar-refractivity contribution is 7.91. The molecule has 0 unspecified atom stereocenters. The van der Waals surface area contributed by atoms with E-state index in [4.69, 9.17) is 4.74 Å². The fourth-order valence-electron chi connectivity index (χ4n) is 2.43. The van der Waals surface area contributed by atoms with E-state index in [1.807, 2.05) is 31.2 Å². The van der Waals surface area contributed by atoms with Crippen LogP contribution in [0.15, 0.2) is 70.3 Å². The van der Waals surface area contributed by atoms with Gasteiger partial charge in [-0.1, -0.05) is 35.9 Å². The Labute approximate surface area is 168 Å². The third kappa shape index (κ3) is 4.78. The average molecular weight is 417 g/mol. The molecule has 0 spiro atoms. The molecule has 0 aliphatic rings. The van der Waals surface area contributed by atoms with Crippen molar-refractivity contribution in [2.75, 3.05) is 18.9 Å². The normalized spacial score (nSPS) is 11.4. The fourth-order valence-corrected chi connectivity index (χ4v) is 4.76. The maximum Gasteiger partial charge on any atom is 0.252 e. The first-order valence-corrected chi connectivity index (χ1v) is 10.8. The first-order chi connectivity index (χ1) is 13.4. The number of thiophene rings is 1. The highest BCUT2D eigenvalue weighted by Gasteiger charge is 2.24. The number of nitrogens with one attached hydrogen (secondary N) is 1. The number of hydrogen-bond donors (Lipinski definition) is 1. The zero-order chi connectivity index (χ0) is 20.1. The Kier molecular flexibility index (Phi) is 6.13. The molecule has 3 aromatic rings. The van der Waals surface area contributed by atoms with E-state index in [2.05, 4.69) is 5.32 Å². The molecule has 1 amide bonds. The van der Waals surface area contributed by atoms with E-state index in [1.165, 1.54) is 13.1 Å². The van der Waals surface area contributed by atoms with E-state index in [0.29, 0.717) is 17.2 Å². The Balaban J connectivity index is 1.70. The molecule has 1 N–H and O–H groups in total. The Bertz CT molecular complexity index is 1050. The zero-order valence-corrected chi connectivity index (χ0v) is 17.1. The van der Waals surface area contributed by atoms with Crippen LogP contribution in [0.25, 0.3) is 0 Å². The molecular formula is C20H20N2O4S2. The van der Waals surface area contributed by atoms with E-state index in [-0.39, 0.29) is 10.8 Å². The summed E-state index contributed by atoms with van der Waals surface area (Å²) in [5, 5.41) is 4.40. The average Bonchev–Trinajstić information content (AvgIpc) is 3.20. The van der Waals surface area contributed by atoms with Gasteiger partial charge in [-0.25, -0.2) is 8.42 Å². The van der Waals surface area contributed by atoms with Crippen molar-refractivity contribution in [2.45, 2.75) is 11.1 Å². The van der Waals surface area contributed by atoms with Gasteiger partial charge in [0.15, 0.2) is 5.75 Å². The van der Waals surface area contributed by atoms with Crippen LogP contribution >= 0.6 is 11.3 Å². The van der Waals surface area contributed by atoms with Gasteiger partial charge in [0, 0.05) is 7.05 Å². The summed E-state index contributed by atoms with van der Waals surface area (Å²) in [6.45, 7) is 1.68. The molecule has 1 aromatic heterocycles. The molecule has 1 heterocycles. The third-order valence-electron chi connectivity index (χ3n) is 3.94. The largest absolute Gasteiger partial charge is 0.455 e. The number of anilines is 1. The van der Waals surface area contributed by atoms with Gasteiger partial charge in [-0.05, 0) is 42.6 Å². The minimum absolute atomic E-state index is 0.200. The molecule has 0 saturated heterocycles. The molecular weight excluding hydrogens is 396 g/mol. The Morgan fingerprint density at radius 3 is 2.46 bits per heavy atom. The number of rotatable bonds is 7. The van der Waals surface area contributed by atoms with Crippen LogP contribution in [0.1, 0.15) is 5.56 Å². The van der Waals surface area contributed by atoms with Gasteiger partial charge in [-0.3, -0.25) is 4.79 Å². The minimum atomic E-state index is -3.69. The predicted octanol–water partition coefficient (Wildman–Crippen LogP) is 4.11. The highest BCUT2D eigenvalue weighted by Crippen LogP contribution is 2.29. The number of likely N-dealkylation sites (N-methyl/N-ethyl adjacent to an activating group) is 1. The van der Waals surface area contributed by atoms with E-state index >= 15 is 0 Å². The second-order valence-electron chi connectivity index (χ2n) is 6.15. The maximum absolute atomic E-state index is 12.4. The van der Waals surface area contributed by atoms with E-state index in [9.17, 15) is 13.2 Å². The van der Waals surface area contributed by atoms with Gasteiger partial charge in [0.25, 0.3) is 10.0 Å². The van der Waals surface area contributed by atoms with E-state index in [1.54, 1.807) is 35.7 Å². The number of benzene rings is 2. The number of sulfonamides is 1. The zero-order valence-electron chi connectivity index (χ0n) is 15.5. The number of aryl methyl sites for hydroxylation is 1. The van der Waals surface area contributed by atoms with Crippen molar-refractivity contribution in [3.05, 3.63) is 71.6 Å². The van der Waals surface area contributed by atoms with E-state index in [0.717, 1.165) is 21.2 Å². The summed E-state index contributed by atoms with van der Waals surface area (Å²) in [7, 11) is -2.31. The number of carbonyl (C=O) groups excluding carboxylic acids is 1. The lowest BCUT2D eigenvalue weighted by Crippen LogP contribution is -2.34. The van der Waals surface area contributed by atoms with Crippen LogP contribution in [0.4, 0.5) is 5.69 Å². The van der Waals surface area contributed by atoms with Crippen LogP contribution in [0, 0.1) is 6.92 Å². The fraction of sp³-hybridized carbons (Fsp3) is 0.150. The number of ether oxygens (including phenoxy) is 1. The van der Waals surface area contributed by atoms with Crippen LogP contribution in [0.3, 0.4) is 0 Å². The summed E-state index contributed by atoms with van der Waals surface area (Å²) in [6, 6.07) is 17.7. The van der Waals surface area contributed by atoms with Gasteiger partial charge in [-0.15, -0.1) is 11.3 Å². The minimum Gasteiger partial charge on any atom is -0.455 e. The topological polar surface area (TPSA) is 75.7 Å². The van der Waals surface area contributed by atoms with Gasteiger partial charge >= 0.3 is 0 Å². The number of hydrogen-bond acceptors (Lipinski definition) is 5. The molecule has 3 rings (SSSR count). The van der Waals surface area contributed by atoms with Crippen LogP contribution in [-0.4, -0.2) is 32.2 Å². The van der Waals surface area contributed by atoms with Crippen LogP contribution in [0.5, 0.6) is 11.5 Å². The van der Waals surface area contributed by atoms with Crippen molar-refractivity contribution in [3.8, 4) is 11.5 Å². The number of para-hydroxylation sites is 2. The van der Waals surface area contributed by atoms with Gasteiger partial charge in [0.05, 0.1) is 12.2 Å². The molecule has 0 atom stereocenters. The molecule has 0 radical (unpaired) electrons. The number of carbonyl (C=O) groups is 1. The second-order valence-corrected chi connectivity index (χ2v) is 9.37. The number of nitrogens with zero attached hydrogens (tertiary/aromatic N) is 1. The van der Waals surface area contributed by atoms with E-state index < -0.39 is 15.9 Å². The van der Waals surface area contributed by atoms with Crippen molar-refractivity contribution < 1.29 is 17.9 Å². The predicted molar refractivity (Wildman–Crippen MR) is 110 cm³/mol. The molecule has 2 aromatic carbocycles. The second kappa shape index (κ2) is 8.55. The molecule has 146 valence electrons. The van der Waals surface area contributed by atoms with Crippen LogP contribution < -0.4 is 10.1 Å². The summed E-state index contributed by atoms with van der Waals surface area (Å²) in [5.41, 5.74) is 1.58. The lowest BCUT2D eigenvalue weighted by Gasteiger charge is -2.17. The molecule has 8 heteroatoms. The van der Waals surface area contributed by atoms with Gasteiger partial charge in [0.1, 0.15) is 9.96 Å². The summed E-state index contributed by atoms with van der Waals surface area (Å²) in [4.78, 5) is 12.4. The van der Waals surface area contributed by atoms with Gasteiger partial charge in [-0.2, -0.15) is 4.31 Å². The summed E-state index contributed by atoms with van der Waals surface area (Å²) in [5.74, 6) is 0.663. The molecule has 0 aliphatic carbocycles. The monoisotopic (exact) mass is 416 g/mol. The molecule has 0 aliphatic heterocycles. The molecule has 0 saturated carbocycles. The van der Waals surface area contributed by atoms with Crippen molar-refractivity contribution in [3.63, 3.8) is 0 Å². The van der Waals surface area contributed by atoms with Crippen molar-refractivity contribution in [1.82, 2.24) is 4.31 Å². The standard InChI is InChI=1S/C20H20N2O4S2/c1-15-9-11-16(12-10-15)26-18-7-4-3-6-17(18)21-19(23)14-22(2)28(24,25)20-8-5-13-27-20/h3-13H,14H2,1-2H3,(H,21,23). The summed E-state index contributed by atoms with van der Waals surface area (Å²) in [6.07, 6.45) is 0. The maximum atomic E-state index is 12.4. The quantitative estimate of drug-likeness (QED) is 0.629. The third-order valence-corrected chi connectivity index (χ3v) is 7.11. The van der Waals surface area contributed by atoms with Crippen LogP contribution in [0.2, 0.25) is 0 Å². The highest BCUT2D eigenvalue weighted by atomic mass is 32.2. The first-order valence-electron chi connectivity index (χ1n) is 8.49. The smallest absolute Gasteiger partial charge is 0.252 e. The molecule has 0 fully saturated rings. The SMILES string of the molecule is Cc1ccc(Oc2ccccc2NC(=O)CN(C)S(=O)(=O)c2cccs2)cc1. The molecule has 0 bridgehead atoms. The lowest BCUT2D eigenvalue weighted by molar-refractivity contribution is -0.116. The first kappa shape index (κ1) is 20.1. The van der Waals surface area contributed by atoms with Crippen LogP contribution in [-0.2, 0) is 14.8 Å². The Hall–Kier alpha value is -2.68. The Morgan fingerprint density at radius 1 is 1.07 bits per heavy atom. The summed E-state index contributed by atoms with van der Waals surface area (Å²) >= 11 is 1.11. The van der Waals surface area contributed by atoms with Crippen molar-refractivity contribution in [1.29, 1.82) is 0 Å². The lowest BCUT2D eigenvalue weighted by atomic mass is 10.2. The van der Waals surface area contributed by atoms with Gasteiger partial charge < -0.3 is 10.1 Å². The number of amides is 1. The van der Waals surface area contributed by atoms with Crippen molar-refractivity contribution in [2.24, 2.45) is 0 Å². The summed E-state index contributed by atoms with van der Waals surface area (Å²) < 4.78 is 32.0. The van der Waals surface area contributed by atoms with Crippen molar-refractivity contribution >= 4 is 33.0 Å². The molecule has 28 heavy (non-hydrogen) atoms.